The molecule has 2 heterocycles. The highest BCUT2D eigenvalue weighted by Gasteiger charge is 2.16. The van der Waals surface area contributed by atoms with Crippen molar-refractivity contribution >= 4 is 5.69 Å². The zero-order valence-electron chi connectivity index (χ0n) is 11.6. The van der Waals surface area contributed by atoms with E-state index in [1.807, 2.05) is 13.1 Å². The number of nitrogens with zero attached hydrogens (tertiary/aromatic N) is 2. The number of nitrogens with two attached hydrogens (primary N) is 1. The van der Waals surface area contributed by atoms with Crippen molar-refractivity contribution in [2.45, 2.75) is 45.6 Å². The maximum Gasteiger partial charge on any atom is 0.0569 e. The zero-order valence-corrected chi connectivity index (χ0v) is 11.6. The van der Waals surface area contributed by atoms with Gasteiger partial charge in [-0.1, -0.05) is 13.3 Å². The third-order valence-electron chi connectivity index (χ3n) is 4.03. The van der Waals surface area contributed by atoms with Gasteiger partial charge in [0.2, 0.25) is 0 Å². The Morgan fingerprint density at radius 2 is 2.22 bits per heavy atom. The molecule has 1 aliphatic rings. The van der Waals surface area contributed by atoms with Crippen molar-refractivity contribution in [1.82, 2.24) is 4.98 Å². The fourth-order valence-corrected chi connectivity index (χ4v) is 2.69. The van der Waals surface area contributed by atoms with Gasteiger partial charge < -0.3 is 10.6 Å². The first-order valence-electron chi connectivity index (χ1n) is 7.17. The molecule has 0 spiro atoms. The normalized spacial score (nSPS) is 22.6. The number of hydrogen-bond donors (Lipinski definition) is 1. The predicted molar refractivity (Wildman–Crippen MR) is 76.7 cm³/mol. The largest absolute Gasteiger partial charge is 0.370 e. The average molecular weight is 247 g/mol. The van der Waals surface area contributed by atoms with E-state index in [4.69, 9.17) is 5.73 Å². The van der Waals surface area contributed by atoms with Crippen molar-refractivity contribution in [2.24, 2.45) is 11.7 Å². The van der Waals surface area contributed by atoms with Gasteiger partial charge in [-0.25, -0.2) is 0 Å². The second-order valence-electron chi connectivity index (χ2n) is 5.42. The number of anilines is 1. The first-order chi connectivity index (χ1) is 8.70. The van der Waals surface area contributed by atoms with Crippen molar-refractivity contribution in [3.63, 3.8) is 0 Å². The van der Waals surface area contributed by atoms with E-state index in [0.717, 1.165) is 24.7 Å². The van der Waals surface area contributed by atoms with Crippen LogP contribution < -0.4 is 10.6 Å². The summed E-state index contributed by atoms with van der Waals surface area (Å²) in [7, 11) is 0. The van der Waals surface area contributed by atoms with Crippen LogP contribution in [0.25, 0.3) is 0 Å². The Morgan fingerprint density at radius 1 is 1.39 bits per heavy atom. The lowest BCUT2D eigenvalue weighted by Gasteiger charge is -2.22. The van der Waals surface area contributed by atoms with Gasteiger partial charge in [-0.2, -0.15) is 0 Å². The molecule has 2 unspecified atom stereocenters. The number of rotatable bonds is 3. The van der Waals surface area contributed by atoms with Crippen LogP contribution in [-0.4, -0.2) is 18.1 Å². The molecule has 0 amide bonds. The van der Waals surface area contributed by atoms with Crippen molar-refractivity contribution in [3.8, 4) is 0 Å². The fraction of sp³-hybridized carbons (Fsp3) is 0.667. The molecule has 2 atom stereocenters. The molecule has 2 N–H and O–H groups in total. The van der Waals surface area contributed by atoms with Crippen LogP contribution in [-0.2, 0) is 0 Å². The van der Waals surface area contributed by atoms with Crippen molar-refractivity contribution < 1.29 is 0 Å². The maximum atomic E-state index is 5.83. The number of aromatic nitrogens is 1. The Balaban J connectivity index is 2.02. The molecule has 0 radical (unpaired) electrons. The minimum atomic E-state index is 0.0210. The molecule has 2 rings (SSSR count). The van der Waals surface area contributed by atoms with Crippen LogP contribution >= 0.6 is 0 Å². The van der Waals surface area contributed by atoms with Gasteiger partial charge in [0.15, 0.2) is 0 Å². The molecule has 100 valence electrons. The fourth-order valence-electron chi connectivity index (χ4n) is 2.69. The second kappa shape index (κ2) is 6.19. The molecule has 1 aromatic rings. The highest BCUT2D eigenvalue weighted by molar-refractivity contribution is 5.44. The third kappa shape index (κ3) is 3.22. The molecule has 1 fully saturated rings. The van der Waals surface area contributed by atoms with Crippen LogP contribution in [0.4, 0.5) is 5.69 Å². The molecule has 0 saturated carbocycles. The molecule has 18 heavy (non-hydrogen) atoms. The molecule has 0 bridgehead atoms. The maximum absolute atomic E-state index is 5.83. The summed E-state index contributed by atoms with van der Waals surface area (Å²) >= 11 is 0. The minimum Gasteiger partial charge on any atom is -0.370 e. The minimum absolute atomic E-state index is 0.0210. The summed E-state index contributed by atoms with van der Waals surface area (Å²) in [4.78, 5) is 6.92. The summed E-state index contributed by atoms with van der Waals surface area (Å²) in [6.07, 6.45) is 7.28. The van der Waals surface area contributed by atoms with Crippen molar-refractivity contribution in [2.75, 3.05) is 18.0 Å². The van der Waals surface area contributed by atoms with Crippen LogP contribution in [0.15, 0.2) is 18.3 Å². The van der Waals surface area contributed by atoms with E-state index >= 15 is 0 Å². The number of hydrogen-bond acceptors (Lipinski definition) is 3. The van der Waals surface area contributed by atoms with Gasteiger partial charge >= 0.3 is 0 Å². The third-order valence-corrected chi connectivity index (χ3v) is 4.03. The molecule has 0 aromatic carbocycles. The molecule has 1 aliphatic heterocycles. The topological polar surface area (TPSA) is 42.1 Å². The highest BCUT2D eigenvalue weighted by Crippen LogP contribution is 2.24. The zero-order chi connectivity index (χ0) is 13.0. The van der Waals surface area contributed by atoms with E-state index in [2.05, 4.69) is 28.9 Å². The van der Waals surface area contributed by atoms with Crippen LogP contribution in [0.5, 0.6) is 0 Å². The van der Waals surface area contributed by atoms with E-state index in [1.54, 1.807) is 0 Å². The average Bonchev–Trinajstić information content (AvgIpc) is 2.64. The first-order valence-corrected chi connectivity index (χ1v) is 7.17. The van der Waals surface area contributed by atoms with Gasteiger partial charge in [-0.15, -0.1) is 0 Å². The summed E-state index contributed by atoms with van der Waals surface area (Å²) in [6, 6.07) is 4.24. The summed E-state index contributed by atoms with van der Waals surface area (Å²) < 4.78 is 0. The van der Waals surface area contributed by atoms with E-state index in [0.29, 0.717) is 0 Å². The molecule has 1 aromatic heterocycles. The monoisotopic (exact) mass is 247 g/mol. The van der Waals surface area contributed by atoms with Gasteiger partial charge in [-0.05, 0) is 44.2 Å². The Bertz CT molecular complexity index is 359. The quantitative estimate of drug-likeness (QED) is 0.892. The second-order valence-corrected chi connectivity index (χ2v) is 5.42. The Labute approximate surface area is 110 Å². The van der Waals surface area contributed by atoms with Gasteiger partial charge in [0.25, 0.3) is 0 Å². The van der Waals surface area contributed by atoms with Gasteiger partial charge in [0, 0.05) is 19.1 Å². The molecule has 3 heteroatoms. The Hall–Kier alpha value is -1.09. The molecule has 1 saturated heterocycles. The SMILES string of the molecule is CCC1CCCN(c2ccc(C(C)N)nc2)CC1. The summed E-state index contributed by atoms with van der Waals surface area (Å²) in [5, 5.41) is 0. The van der Waals surface area contributed by atoms with Gasteiger partial charge in [-0.3, -0.25) is 4.98 Å². The van der Waals surface area contributed by atoms with Gasteiger partial charge in [0.05, 0.1) is 17.6 Å². The summed E-state index contributed by atoms with van der Waals surface area (Å²) in [5.41, 5.74) is 8.05. The van der Waals surface area contributed by atoms with Crippen molar-refractivity contribution in [1.29, 1.82) is 0 Å². The van der Waals surface area contributed by atoms with E-state index in [-0.39, 0.29) is 6.04 Å². The summed E-state index contributed by atoms with van der Waals surface area (Å²) in [5.74, 6) is 0.909. The van der Waals surface area contributed by atoms with Crippen LogP contribution in [0.2, 0.25) is 0 Å². The molecule has 3 nitrogen and oxygen atoms in total. The Morgan fingerprint density at radius 3 is 2.83 bits per heavy atom. The van der Waals surface area contributed by atoms with Crippen molar-refractivity contribution in [3.05, 3.63) is 24.0 Å². The molecule has 0 aliphatic carbocycles. The lowest BCUT2D eigenvalue weighted by Crippen LogP contribution is -2.24. The highest BCUT2D eigenvalue weighted by atomic mass is 15.1. The predicted octanol–water partition coefficient (Wildman–Crippen LogP) is 3.12. The van der Waals surface area contributed by atoms with E-state index in [1.165, 1.54) is 31.4 Å². The Kier molecular flexibility index (Phi) is 4.59. The summed E-state index contributed by atoms with van der Waals surface area (Å²) in [6.45, 7) is 6.60. The standard InChI is InChI=1S/C15H25N3/c1-3-13-5-4-9-18(10-8-13)14-6-7-15(12(2)16)17-11-14/h6-7,11-13H,3-5,8-10,16H2,1-2H3. The van der Waals surface area contributed by atoms with Crippen LogP contribution in [0.1, 0.15) is 51.3 Å². The van der Waals surface area contributed by atoms with Crippen LogP contribution in [0.3, 0.4) is 0 Å². The smallest absolute Gasteiger partial charge is 0.0569 e. The lowest BCUT2D eigenvalue weighted by atomic mass is 9.98. The molecular formula is C15H25N3. The van der Waals surface area contributed by atoms with Crippen LogP contribution in [0, 0.1) is 5.92 Å². The van der Waals surface area contributed by atoms with E-state index in [9.17, 15) is 0 Å². The lowest BCUT2D eigenvalue weighted by molar-refractivity contribution is 0.459. The number of pyridine rings is 1. The van der Waals surface area contributed by atoms with Gasteiger partial charge in [0.1, 0.15) is 0 Å². The molecular weight excluding hydrogens is 222 g/mol. The first kappa shape index (κ1) is 13.3. The van der Waals surface area contributed by atoms with E-state index < -0.39 is 0 Å².